The molecular formula is C15H18BrNO3. The number of nitrogens with one attached hydrogen (secondary N) is 1. The third-order valence-corrected chi connectivity index (χ3v) is 4.21. The Morgan fingerprint density at radius 2 is 2.25 bits per heavy atom. The minimum Gasteiger partial charge on any atom is -0.493 e. The van der Waals surface area contributed by atoms with E-state index in [-0.39, 0.29) is 12.0 Å². The van der Waals surface area contributed by atoms with Crippen molar-refractivity contribution in [1.29, 1.82) is 0 Å². The summed E-state index contributed by atoms with van der Waals surface area (Å²) in [6.07, 6.45) is 3.58. The van der Waals surface area contributed by atoms with Crippen molar-refractivity contribution >= 4 is 21.8 Å². The lowest BCUT2D eigenvalue weighted by Gasteiger charge is -2.22. The standard InChI is InChI=1S/C15H18BrNO3/c16-12-7-10-4-6-20-14(10)11(8-12)9-17-15(18)13-3-1-2-5-19-13/h7-8,13H,1-6,9H2,(H,17,18). The fraction of sp³-hybridized carbons (Fsp3) is 0.533. The molecule has 0 bridgehead atoms. The van der Waals surface area contributed by atoms with Crippen molar-refractivity contribution in [3.05, 3.63) is 27.7 Å². The van der Waals surface area contributed by atoms with Crippen molar-refractivity contribution in [2.24, 2.45) is 0 Å². The molecule has 1 aromatic rings. The number of benzene rings is 1. The average molecular weight is 340 g/mol. The second-order valence-corrected chi connectivity index (χ2v) is 6.14. The Labute approximate surface area is 127 Å². The summed E-state index contributed by atoms with van der Waals surface area (Å²) >= 11 is 3.51. The van der Waals surface area contributed by atoms with E-state index in [0.717, 1.165) is 48.1 Å². The predicted molar refractivity (Wildman–Crippen MR) is 78.8 cm³/mol. The van der Waals surface area contributed by atoms with Crippen molar-refractivity contribution in [3.63, 3.8) is 0 Å². The number of fused-ring (bicyclic) bond motifs is 1. The molecule has 0 radical (unpaired) electrons. The molecule has 1 atom stereocenters. The van der Waals surface area contributed by atoms with Gasteiger partial charge >= 0.3 is 0 Å². The summed E-state index contributed by atoms with van der Waals surface area (Å²) in [7, 11) is 0. The Hall–Kier alpha value is -1.07. The van der Waals surface area contributed by atoms with E-state index in [2.05, 4.69) is 27.3 Å². The van der Waals surface area contributed by atoms with Gasteiger partial charge in [-0.25, -0.2) is 0 Å². The van der Waals surface area contributed by atoms with Crippen LogP contribution in [0, 0.1) is 0 Å². The summed E-state index contributed by atoms with van der Waals surface area (Å²) in [5.74, 6) is 0.912. The minimum absolute atomic E-state index is 0.0172. The van der Waals surface area contributed by atoms with Crippen LogP contribution in [-0.2, 0) is 22.5 Å². The highest BCUT2D eigenvalue weighted by Crippen LogP contribution is 2.32. The van der Waals surface area contributed by atoms with Gasteiger partial charge in [-0.2, -0.15) is 0 Å². The van der Waals surface area contributed by atoms with E-state index in [1.807, 2.05) is 6.07 Å². The average Bonchev–Trinajstić information content (AvgIpc) is 2.93. The molecule has 0 saturated carbocycles. The molecule has 0 spiro atoms. The number of carbonyl (C=O) groups is 1. The van der Waals surface area contributed by atoms with Crippen LogP contribution in [0.2, 0.25) is 0 Å². The van der Waals surface area contributed by atoms with Gasteiger partial charge in [0.2, 0.25) is 5.91 Å². The van der Waals surface area contributed by atoms with Gasteiger partial charge in [0.1, 0.15) is 11.9 Å². The molecule has 4 nitrogen and oxygen atoms in total. The molecule has 1 fully saturated rings. The third-order valence-electron chi connectivity index (χ3n) is 3.75. The Morgan fingerprint density at radius 1 is 1.35 bits per heavy atom. The van der Waals surface area contributed by atoms with Crippen molar-refractivity contribution in [3.8, 4) is 5.75 Å². The first-order chi connectivity index (χ1) is 9.74. The number of hydrogen-bond donors (Lipinski definition) is 1. The van der Waals surface area contributed by atoms with Gasteiger partial charge in [-0.15, -0.1) is 0 Å². The Kier molecular flexibility index (Phi) is 4.27. The summed E-state index contributed by atoms with van der Waals surface area (Å²) in [6.45, 7) is 1.90. The Balaban J connectivity index is 1.65. The van der Waals surface area contributed by atoms with E-state index in [1.165, 1.54) is 5.56 Å². The molecule has 1 aromatic carbocycles. The lowest BCUT2D eigenvalue weighted by atomic mass is 10.1. The maximum Gasteiger partial charge on any atom is 0.249 e. The first-order valence-electron chi connectivity index (χ1n) is 7.07. The molecule has 108 valence electrons. The van der Waals surface area contributed by atoms with E-state index in [4.69, 9.17) is 9.47 Å². The zero-order valence-corrected chi connectivity index (χ0v) is 12.9. The Morgan fingerprint density at radius 3 is 3.05 bits per heavy atom. The molecule has 3 rings (SSSR count). The van der Waals surface area contributed by atoms with E-state index in [0.29, 0.717) is 13.2 Å². The lowest BCUT2D eigenvalue weighted by molar-refractivity contribution is -0.135. The molecule has 5 heteroatoms. The lowest BCUT2D eigenvalue weighted by Crippen LogP contribution is -2.38. The van der Waals surface area contributed by atoms with Crippen LogP contribution in [0.3, 0.4) is 0 Å². The quantitative estimate of drug-likeness (QED) is 0.920. The molecule has 2 aliphatic heterocycles. The largest absolute Gasteiger partial charge is 0.493 e. The van der Waals surface area contributed by atoms with E-state index < -0.39 is 0 Å². The smallest absolute Gasteiger partial charge is 0.249 e. The van der Waals surface area contributed by atoms with Gasteiger partial charge in [-0.3, -0.25) is 4.79 Å². The van der Waals surface area contributed by atoms with Gasteiger partial charge in [0, 0.05) is 29.6 Å². The van der Waals surface area contributed by atoms with Gasteiger partial charge in [-0.05, 0) is 37.0 Å². The third kappa shape index (κ3) is 2.99. The summed E-state index contributed by atoms with van der Waals surface area (Å²) < 4.78 is 12.2. The van der Waals surface area contributed by atoms with Gasteiger partial charge in [0.05, 0.1) is 6.61 Å². The van der Waals surface area contributed by atoms with Crippen LogP contribution in [0.5, 0.6) is 5.75 Å². The molecule has 2 aliphatic rings. The molecule has 0 aliphatic carbocycles. The van der Waals surface area contributed by atoms with Crippen LogP contribution in [-0.4, -0.2) is 25.2 Å². The molecule has 1 N–H and O–H groups in total. The van der Waals surface area contributed by atoms with E-state index in [9.17, 15) is 4.79 Å². The predicted octanol–water partition coefficient (Wildman–Crippen LogP) is 2.57. The second kappa shape index (κ2) is 6.14. The highest BCUT2D eigenvalue weighted by Gasteiger charge is 2.23. The normalized spacial score (nSPS) is 21.1. The SMILES string of the molecule is O=C(NCc1cc(Br)cc2c1OCC2)C1CCCCO1. The highest BCUT2D eigenvalue weighted by atomic mass is 79.9. The molecule has 1 saturated heterocycles. The summed E-state index contributed by atoms with van der Waals surface area (Å²) in [4.78, 5) is 12.1. The summed E-state index contributed by atoms with van der Waals surface area (Å²) in [5, 5.41) is 2.96. The highest BCUT2D eigenvalue weighted by molar-refractivity contribution is 9.10. The second-order valence-electron chi connectivity index (χ2n) is 5.22. The van der Waals surface area contributed by atoms with E-state index >= 15 is 0 Å². The van der Waals surface area contributed by atoms with Crippen molar-refractivity contribution in [2.75, 3.05) is 13.2 Å². The molecule has 1 unspecified atom stereocenters. The Bertz CT molecular complexity index is 512. The summed E-state index contributed by atoms with van der Waals surface area (Å²) in [5.41, 5.74) is 2.23. The maximum atomic E-state index is 12.1. The molecule has 0 aromatic heterocycles. The van der Waals surface area contributed by atoms with Gasteiger partial charge in [0.15, 0.2) is 0 Å². The van der Waals surface area contributed by atoms with Crippen LogP contribution in [0.15, 0.2) is 16.6 Å². The van der Waals surface area contributed by atoms with Gasteiger partial charge < -0.3 is 14.8 Å². The number of halogens is 1. The van der Waals surface area contributed by atoms with Gasteiger partial charge in [-0.1, -0.05) is 15.9 Å². The molecular weight excluding hydrogens is 322 g/mol. The van der Waals surface area contributed by atoms with E-state index in [1.54, 1.807) is 0 Å². The first kappa shape index (κ1) is 13.9. The monoisotopic (exact) mass is 339 g/mol. The molecule has 2 heterocycles. The summed E-state index contributed by atoms with van der Waals surface area (Å²) in [6, 6.07) is 4.09. The zero-order chi connectivity index (χ0) is 13.9. The fourth-order valence-electron chi connectivity index (χ4n) is 2.72. The number of hydrogen-bond acceptors (Lipinski definition) is 3. The number of amides is 1. The van der Waals surface area contributed by atoms with Crippen LogP contribution in [0.4, 0.5) is 0 Å². The van der Waals surface area contributed by atoms with Gasteiger partial charge in [0.25, 0.3) is 0 Å². The molecule has 1 amide bonds. The van der Waals surface area contributed by atoms with Crippen LogP contribution in [0.1, 0.15) is 30.4 Å². The van der Waals surface area contributed by atoms with Crippen molar-refractivity contribution in [1.82, 2.24) is 5.32 Å². The van der Waals surface area contributed by atoms with Crippen LogP contribution in [0.25, 0.3) is 0 Å². The van der Waals surface area contributed by atoms with Crippen molar-refractivity contribution < 1.29 is 14.3 Å². The minimum atomic E-state index is -0.287. The fourth-order valence-corrected chi connectivity index (χ4v) is 3.27. The van der Waals surface area contributed by atoms with Crippen LogP contribution >= 0.6 is 15.9 Å². The maximum absolute atomic E-state index is 12.1. The molecule has 20 heavy (non-hydrogen) atoms. The van der Waals surface area contributed by atoms with Crippen LogP contribution < -0.4 is 10.1 Å². The first-order valence-corrected chi connectivity index (χ1v) is 7.87. The topological polar surface area (TPSA) is 47.6 Å². The zero-order valence-electron chi connectivity index (χ0n) is 11.3. The number of carbonyl (C=O) groups excluding carboxylic acids is 1. The number of ether oxygens (including phenoxy) is 2. The number of rotatable bonds is 3. The van der Waals surface area contributed by atoms with Crippen molar-refractivity contribution in [2.45, 2.75) is 38.3 Å².